The number of carbonyl (C=O) groups is 2. The van der Waals surface area contributed by atoms with Crippen LogP contribution in [0.3, 0.4) is 0 Å². The fourth-order valence-electron chi connectivity index (χ4n) is 2.01. The lowest BCUT2D eigenvalue weighted by molar-refractivity contribution is -0.142. The number of carbonyl (C=O) groups excluding carboxylic acids is 1. The fraction of sp³-hybridized carbons (Fsp3) is 0.818. The molecule has 1 amide bonds. The summed E-state index contributed by atoms with van der Waals surface area (Å²) in [5.74, 6) is -4.65. The number of amides is 1. The van der Waals surface area contributed by atoms with Gasteiger partial charge in [-0.25, -0.2) is 8.78 Å². The molecular weight excluding hydrogens is 232 g/mol. The maximum absolute atomic E-state index is 13.0. The Labute approximate surface area is 98.6 Å². The van der Waals surface area contributed by atoms with E-state index in [1.807, 2.05) is 0 Å². The van der Waals surface area contributed by atoms with Gasteiger partial charge in [-0.1, -0.05) is 0 Å². The van der Waals surface area contributed by atoms with Crippen LogP contribution >= 0.6 is 0 Å². The monoisotopic (exact) mass is 249 g/mol. The third-order valence-corrected chi connectivity index (χ3v) is 3.12. The van der Waals surface area contributed by atoms with E-state index in [0.29, 0.717) is 13.1 Å². The van der Waals surface area contributed by atoms with Gasteiger partial charge in [-0.2, -0.15) is 0 Å². The van der Waals surface area contributed by atoms with Crippen molar-refractivity contribution in [3.63, 3.8) is 0 Å². The molecule has 1 N–H and O–H groups in total. The summed E-state index contributed by atoms with van der Waals surface area (Å²) in [4.78, 5) is 23.3. The van der Waals surface area contributed by atoms with Crippen LogP contribution in [0.1, 0.15) is 32.6 Å². The number of halogens is 2. The summed E-state index contributed by atoms with van der Waals surface area (Å²) in [6.07, 6.45) is 0.301. The number of piperidine rings is 1. The molecule has 0 unspecified atom stereocenters. The summed E-state index contributed by atoms with van der Waals surface area (Å²) in [5, 5.41) is 8.44. The molecule has 0 aromatic carbocycles. The second-order valence-corrected chi connectivity index (χ2v) is 4.51. The molecule has 6 heteroatoms. The average molecular weight is 249 g/mol. The highest BCUT2D eigenvalue weighted by atomic mass is 19.3. The van der Waals surface area contributed by atoms with Crippen LogP contribution in [0.25, 0.3) is 0 Å². The van der Waals surface area contributed by atoms with Crippen molar-refractivity contribution >= 4 is 11.9 Å². The minimum atomic E-state index is -2.70. The van der Waals surface area contributed by atoms with Crippen LogP contribution in [-0.4, -0.2) is 40.9 Å². The molecule has 0 bridgehead atoms. The average Bonchev–Trinajstić information content (AvgIpc) is 2.25. The number of hydrogen-bond donors (Lipinski definition) is 1. The summed E-state index contributed by atoms with van der Waals surface area (Å²) in [5.41, 5.74) is 0. The van der Waals surface area contributed by atoms with Crippen molar-refractivity contribution in [3.05, 3.63) is 0 Å². The minimum Gasteiger partial charge on any atom is -0.481 e. The maximum atomic E-state index is 13.0. The maximum Gasteiger partial charge on any atom is 0.303 e. The van der Waals surface area contributed by atoms with Crippen molar-refractivity contribution in [3.8, 4) is 0 Å². The molecule has 1 fully saturated rings. The Bertz CT molecular complexity index is 294. The predicted octanol–water partition coefficient (Wildman–Crippen LogP) is 1.75. The number of hydrogen-bond acceptors (Lipinski definition) is 2. The molecule has 0 aromatic rings. The van der Waals surface area contributed by atoms with Crippen LogP contribution < -0.4 is 0 Å². The molecule has 4 nitrogen and oxygen atoms in total. The van der Waals surface area contributed by atoms with Crippen LogP contribution in [-0.2, 0) is 9.59 Å². The van der Waals surface area contributed by atoms with Gasteiger partial charge in [0.05, 0.1) is 6.42 Å². The Balaban J connectivity index is 2.36. The van der Waals surface area contributed by atoms with E-state index in [1.165, 1.54) is 4.90 Å². The molecule has 1 aliphatic heterocycles. The zero-order chi connectivity index (χ0) is 13.1. The topological polar surface area (TPSA) is 57.6 Å². The van der Waals surface area contributed by atoms with E-state index in [1.54, 1.807) is 0 Å². The highest BCUT2D eigenvalue weighted by molar-refractivity contribution is 5.80. The van der Waals surface area contributed by atoms with Crippen LogP contribution in [0, 0.1) is 5.92 Å². The van der Waals surface area contributed by atoms with Gasteiger partial charge in [-0.3, -0.25) is 9.59 Å². The van der Waals surface area contributed by atoms with E-state index < -0.39 is 17.8 Å². The van der Waals surface area contributed by atoms with Crippen LogP contribution in [0.4, 0.5) is 8.78 Å². The van der Waals surface area contributed by atoms with Gasteiger partial charge in [0.1, 0.15) is 0 Å². The van der Waals surface area contributed by atoms with Crippen molar-refractivity contribution < 1.29 is 23.5 Å². The van der Waals surface area contributed by atoms with Gasteiger partial charge < -0.3 is 10.0 Å². The molecule has 0 atom stereocenters. The largest absolute Gasteiger partial charge is 0.481 e. The van der Waals surface area contributed by atoms with Gasteiger partial charge in [-0.05, 0) is 19.8 Å². The van der Waals surface area contributed by atoms with E-state index in [-0.39, 0.29) is 31.6 Å². The summed E-state index contributed by atoms with van der Waals surface area (Å²) in [6, 6.07) is 0. The highest BCUT2D eigenvalue weighted by Crippen LogP contribution is 2.32. The Morgan fingerprint density at radius 3 is 2.24 bits per heavy atom. The lowest BCUT2D eigenvalue weighted by Crippen LogP contribution is -2.42. The lowest BCUT2D eigenvalue weighted by atomic mass is 9.91. The quantitative estimate of drug-likeness (QED) is 0.825. The van der Waals surface area contributed by atoms with E-state index in [9.17, 15) is 18.4 Å². The van der Waals surface area contributed by atoms with Gasteiger partial charge >= 0.3 is 5.97 Å². The Morgan fingerprint density at radius 1 is 1.29 bits per heavy atom. The molecule has 1 aliphatic rings. The molecule has 1 heterocycles. The smallest absolute Gasteiger partial charge is 0.303 e. The first-order valence-corrected chi connectivity index (χ1v) is 5.68. The number of likely N-dealkylation sites (tertiary alicyclic amines) is 1. The molecular formula is C11H17F2NO3. The van der Waals surface area contributed by atoms with Crippen molar-refractivity contribution in [1.29, 1.82) is 0 Å². The lowest BCUT2D eigenvalue weighted by Gasteiger charge is -2.34. The number of alkyl halides is 2. The summed E-state index contributed by atoms with van der Waals surface area (Å²) < 4.78 is 26.0. The number of rotatable bonds is 4. The first-order chi connectivity index (χ1) is 7.80. The van der Waals surface area contributed by atoms with Gasteiger partial charge in [0.25, 0.3) is 0 Å². The Kier molecular flexibility index (Phi) is 4.42. The second-order valence-electron chi connectivity index (χ2n) is 4.51. The van der Waals surface area contributed by atoms with Gasteiger partial charge in [0.2, 0.25) is 11.8 Å². The van der Waals surface area contributed by atoms with Crippen molar-refractivity contribution in [2.75, 3.05) is 13.1 Å². The van der Waals surface area contributed by atoms with E-state index in [4.69, 9.17) is 5.11 Å². The minimum absolute atomic E-state index is 0.0531. The van der Waals surface area contributed by atoms with Crippen molar-refractivity contribution in [1.82, 2.24) is 4.90 Å². The number of nitrogens with zero attached hydrogens (tertiary/aromatic N) is 1. The first kappa shape index (κ1) is 13.9. The number of carboxylic acids is 1. The number of aliphatic carboxylic acids is 1. The zero-order valence-electron chi connectivity index (χ0n) is 9.79. The number of carboxylic acid groups (broad SMARTS) is 1. The van der Waals surface area contributed by atoms with E-state index >= 15 is 0 Å². The molecule has 0 radical (unpaired) electrons. The Morgan fingerprint density at radius 2 is 1.82 bits per heavy atom. The normalized spacial score (nSPS) is 18.2. The SMILES string of the molecule is CC(F)(F)C1CCN(C(=O)CCC(=O)O)CC1. The van der Waals surface area contributed by atoms with Crippen molar-refractivity contribution in [2.24, 2.45) is 5.92 Å². The molecule has 17 heavy (non-hydrogen) atoms. The second kappa shape index (κ2) is 5.42. The third kappa shape index (κ3) is 4.28. The molecule has 1 saturated heterocycles. The highest BCUT2D eigenvalue weighted by Gasteiger charge is 2.37. The summed E-state index contributed by atoms with van der Waals surface area (Å²) in [6.45, 7) is 1.50. The molecule has 1 rings (SSSR count). The van der Waals surface area contributed by atoms with Crippen LogP contribution in [0.5, 0.6) is 0 Å². The predicted molar refractivity (Wildman–Crippen MR) is 56.8 cm³/mol. The van der Waals surface area contributed by atoms with Crippen LogP contribution in [0.2, 0.25) is 0 Å². The third-order valence-electron chi connectivity index (χ3n) is 3.12. The molecule has 0 spiro atoms. The molecule has 0 aliphatic carbocycles. The van der Waals surface area contributed by atoms with Crippen molar-refractivity contribution in [2.45, 2.75) is 38.5 Å². The summed E-state index contributed by atoms with van der Waals surface area (Å²) in [7, 11) is 0. The zero-order valence-corrected chi connectivity index (χ0v) is 9.79. The standard InChI is InChI=1S/C11H17F2NO3/c1-11(12,13)8-4-6-14(7-5-8)9(15)2-3-10(16)17/h8H,2-7H2,1H3,(H,16,17). The van der Waals surface area contributed by atoms with E-state index in [2.05, 4.69) is 0 Å². The van der Waals surface area contributed by atoms with Crippen LogP contribution in [0.15, 0.2) is 0 Å². The van der Waals surface area contributed by atoms with Gasteiger partial charge in [-0.15, -0.1) is 0 Å². The van der Waals surface area contributed by atoms with Gasteiger partial charge in [0.15, 0.2) is 0 Å². The molecule has 0 aromatic heterocycles. The molecule has 0 saturated carbocycles. The van der Waals surface area contributed by atoms with E-state index in [0.717, 1.165) is 6.92 Å². The first-order valence-electron chi connectivity index (χ1n) is 5.68. The summed E-state index contributed by atoms with van der Waals surface area (Å²) >= 11 is 0. The molecule has 98 valence electrons. The fourth-order valence-corrected chi connectivity index (χ4v) is 2.01. The Hall–Kier alpha value is -1.20. The van der Waals surface area contributed by atoms with Gasteiger partial charge in [0, 0.05) is 25.4 Å².